The van der Waals surface area contributed by atoms with Crippen molar-refractivity contribution >= 4 is 10.0 Å². The molecule has 102 valence electrons. The molecule has 1 rings (SSSR count). The van der Waals surface area contributed by atoms with Gasteiger partial charge in [-0.15, -0.1) is 0 Å². The predicted octanol–water partition coefficient (Wildman–Crippen LogP) is 1.77. The summed E-state index contributed by atoms with van der Waals surface area (Å²) < 4.78 is 26.4. The van der Waals surface area contributed by atoms with E-state index in [1.807, 2.05) is 20.8 Å². The number of hydrogen-bond donors (Lipinski definition) is 1. The average Bonchev–Trinajstić information content (AvgIpc) is 2.39. The molecule has 0 fully saturated rings. The molecule has 4 nitrogen and oxygen atoms in total. The van der Waals surface area contributed by atoms with Crippen molar-refractivity contribution in [2.75, 3.05) is 13.1 Å². The molecule has 0 aliphatic carbocycles. The van der Waals surface area contributed by atoms with Crippen LogP contribution in [0.5, 0.6) is 0 Å². The molecule has 1 N–H and O–H groups in total. The first-order valence-corrected chi connectivity index (χ1v) is 7.68. The molecule has 5 heteroatoms. The first-order valence-electron chi connectivity index (χ1n) is 6.24. The van der Waals surface area contributed by atoms with Crippen molar-refractivity contribution in [2.45, 2.75) is 38.7 Å². The zero-order valence-corrected chi connectivity index (χ0v) is 12.0. The number of hydrogen-bond acceptors (Lipinski definition) is 3. The highest BCUT2D eigenvalue weighted by molar-refractivity contribution is 7.89. The van der Waals surface area contributed by atoms with Crippen LogP contribution >= 0.6 is 0 Å². The van der Waals surface area contributed by atoms with Gasteiger partial charge in [-0.25, -0.2) is 8.42 Å². The Morgan fingerprint density at radius 2 is 1.78 bits per heavy atom. The predicted molar refractivity (Wildman–Crippen MR) is 71.8 cm³/mol. The Morgan fingerprint density at radius 3 is 2.22 bits per heavy atom. The molecule has 0 bridgehead atoms. The second-order valence-corrected chi connectivity index (χ2v) is 5.95. The average molecular weight is 271 g/mol. The van der Waals surface area contributed by atoms with Crippen LogP contribution in [0, 0.1) is 0 Å². The molecule has 0 heterocycles. The number of rotatable bonds is 6. The second-order valence-electron chi connectivity index (χ2n) is 4.04. The molecule has 0 aliphatic heterocycles. The SMILES string of the molecule is CCc1ccc(CO)cc1S(=O)(=O)N(CC)CC. The summed E-state index contributed by atoms with van der Waals surface area (Å²) in [6.07, 6.45) is 0.654. The second kappa shape index (κ2) is 6.31. The van der Waals surface area contributed by atoms with Crippen LogP contribution in [0.4, 0.5) is 0 Å². The maximum atomic E-state index is 12.5. The number of aliphatic hydroxyl groups is 1. The molecule has 0 saturated carbocycles. The van der Waals surface area contributed by atoms with Gasteiger partial charge in [0.2, 0.25) is 10.0 Å². The molecule has 0 spiro atoms. The smallest absolute Gasteiger partial charge is 0.243 e. The molecular weight excluding hydrogens is 250 g/mol. The van der Waals surface area contributed by atoms with Crippen LogP contribution in [0.1, 0.15) is 31.9 Å². The van der Waals surface area contributed by atoms with Gasteiger partial charge in [-0.05, 0) is 23.6 Å². The van der Waals surface area contributed by atoms with Crippen LogP contribution < -0.4 is 0 Å². The fraction of sp³-hybridized carbons (Fsp3) is 0.538. The van der Waals surface area contributed by atoms with E-state index in [-0.39, 0.29) is 6.61 Å². The van der Waals surface area contributed by atoms with Crippen LogP contribution in [0.25, 0.3) is 0 Å². The van der Waals surface area contributed by atoms with Gasteiger partial charge < -0.3 is 5.11 Å². The number of benzene rings is 1. The molecule has 0 radical (unpaired) electrons. The molecule has 0 atom stereocenters. The van der Waals surface area contributed by atoms with Crippen LogP contribution in [-0.2, 0) is 23.1 Å². The first-order chi connectivity index (χ1) is 8.51. The Balaban J connectivity index is 3.37. The van der Waals surface area contributed by atoms with E-state index in [0.717, 1.165) is 5.56 Å². The minimum Gasteiger partial charge on any atom is -0.392 e. The molecule has 1 aromatic carbocycles. The van der Waals surface area contributed by atoms with Gasteiger partial charge in [0.1, 0.15) is 0 Å². The van der Waals surface area contributed by atoms with E-state index in [1.54, 1.807) is 18.2 Å². The molecule has 0 saturated heterocycles. The van der Waals surface area contributed by atoms with Crippen LogP contribution in [-0.4, -0.2) is 30.9 Å². The maximum Gasteiger partial charge on any atom is 0.243 e. The van der Waals surface area contributed by atoms with Gasteiger partial charge in [0.15, 0.2) is 0 Å². The number of aliphatic hydroxyl groups excluding tert-OH is 1. The Hall–Kier alpha value is -0.910. The topological polar surface area (TPSA) is 57.6 Å². The van der Waals surface area contributed by atoms with Crippen molar-refractivity contribution in [3.63, 3.8) is 0 Å². The van der Waals surface area contributed by atoms with Crippen LogP contribution in [0.15, 0.2) is 23.1 Å². The Morgan fingerprint density at radius 1 is 1.17 bits per heavy atom. The summed E-state index contributed by atoms with van der Waals surface area (Å²) in [5, 5.41) is 9.14. The lowest BCUT2D eigenvalue weighted by Gasteiger charge is -2.20. The maximum absolute atomic E-state index is 12.5. The van der Waals surface area contributed by atoms with Crippen molar-refractivity contribution in [1.82, 2.24) is 4.31 Å². The molecule has 0 unspecified atom stereocenters. The number of aryl methyl sites for hydroxylation is 1. The largest absolute Gasteiger partial charge is 0.392 e. The van der Waals surface area contributed by atoms with Gasteiger partial charge in [-0.3, -0.25) is 0 Å². The Kier molecular flexibility index (Phi) is 5.31. The van der Waals surface area contributed by atoms with E-state index < -0.39 is 10.0 Å². The van der Waals surface area contributed by atoms with E-state index in [4.69, 9.17) is 5.11 Å². The molecule has 0 amide bonds. The van der Waals surface area contributed by atoms with Gasteiger partial charge in [0.05, 0.1) is 11.5 Å². The summed E-state index contributed by atoms with van der Waals surface area (Å²) in [7, 11) is -3.45. The summed E-state index contributed by atoms with van der Waals surface area (Å²) >= 11 is 0. The van der Waals surface area contributed by atoms with Crippen molar-refractivity contribution in [2.24, 2.45) is 0 Å². The van der Waals surface area contributed by atoms with E-state index in [1.165, 1.54) is 4.31 Å². The van der Waals surface area contributed by atoms with Gasteiger partial charge in [-0.2, -0.15) is 4.31 Å². The first kappa shape index (κ1) is 15.1. The highest BCUT2D eigenvalue weighted by Gasteiger charge is 2.24. The monoisotopic (exact) mass is 271 g/mol. The zero-order chi connectivity index (χ0) is 13.8. The minimum atomic E-state index is -3.45. The third-order valence-corrected chi connectivity index (χ3v) is 5.15. The van der Waals surface area contributed by atoms with Crippen molar-refractivity contribution in [3.8, 4) is 0 Å². The third-order valence-electron chi connectivity index (χ3n) is 3.02. The normalized spacial score (nSPS) is 12.1. The van der Waals surface area contributed by atoms with Crippen LogP contribution in [0.2, 0.25) is 0 Å². The van der Waals surface area contributed by atoms with Crippen molar-refractivity contribution in [1.29, 1.82) is 0 Å². The van der Waals surface area contributed by atoms with Crippen LogP contribution in [0.3, 0.4) is 0 Å². The zero-order valence-electron chi connectivity index (χ0n) is 11.2. The molecule has 1 aromatic rings. The molecule has 0 aliphatic rings. The Bertz CT molecular complexity index is 493. The summed E-state index contributed by atoms with van der Waals surface area (Å²) in [5.41, 5.74) is 1.41. The standard InChI is InChI=1S/C13H21NO3S/c1-4-12-8-7-11(10-15)9-13(12)18(16,17)14(5-2)6-3/h7-9,15H,4-6,10H2,1-3H3. The lowest BCUT2D eigenvalue weighted by Crippen LogP contribution is -2.31. The molecule has 18 heavy (non-hydrogen) atoms. The minimum absolute atomic E-state index is 0.148. The van der Waals surface area contributed by atoms with E-state index in [0.29, 0.717) is 30.0 Å². The van der Waals surface area contributed by atoms with E-state index in [9.17, 15) is 8.42 Å². The van der Waals surface area contributed by atoms with Gasteiger partial charge in [-0.1, -0.05) is 32.9 Å². The lowest BCUT2D eigenvalue weighted by molar-refractivity contribution is 0.281. The Labute approximate surface area is 109 Å². The van der Waals surface area contributed by atoms with Crippen molar-refractivity contribution < 1.29 is 13.5 Å². The summed E-state index contributed by atoms with van der Waals surface area (Å²) in [4.78, 5) is 0.320. The number of sulfonamides is 1. The highest BCUT2D eigenvalue weighted by Crippen LogP contribution is 2.22. The fourth-order valence-corrected chi connectivity index (χ4v) is 3.73. The lowest BCUT2D eigenvalue weighted by atomic mass is 10.1. The van der Waals surface area contributed by atoms with E-state index >= 15 is 0 Å². The summed E-state index contributed by atoms with van der Waals surface area (Å²) in [6, 6.07) is 5.12. The number of nitrogens with zero attached hydrogens (tertiary/aromatic N) is 1. The summed E-state index contributed by atoms with van der Waals surface area (Å²) in [6.45, 7) is 6.32. The highest BCUT2D eigenvalue weighted by atomic mass is 32.2. The van der Waals surface area contributed by atoms with Gasteiger partial charge in [0.25, 0.3) is 0 Å². The third kappa shape index (κ3) is 2.91. The molecule has 0 aromatic heterocycles. The fourth-order valence-electron chi connectivity index (χ4n) is 1.93. The quantitative estimate of drug-likeness (QED) is 0.858. The van der Waals surface area contributed by atoms with E-state index in [2.05, 4.69) is 0 Å². The van der Waals surface area contributed by atoms with Gasteiger partial charge in [0, 0.05) is 13.1 Å². The summed E-state index contributed by atoms with van der Waals surface area (Å²) in [5.74, 6) is 0. The van der Waals surface area contributed by atoms with Gasteiger partial charge >= 0.3 is 0 Å². The van der Waals surface area contributed by atoms with Crippen molar-refractivity contribution in [3.05, 3.63) is 29.3 Å². The molecular formula is C13H21NO3S.